The van der Waals surface area contributed by atoms with Crippen LogP contribution in [0.25, 0.3) is 4.98 Å². The SMILES string of the molecule is Cc1cc(Cl)c(S(=O)(=O)O)cc1[N+]#N.[Br-]. The van der Waals surface area contributed by atoms with Crippen LogP contribution in [0.3, 0.4) is 0 Å². The lowest BCUT2D eigenvalue weighted by Gasteiger charge is -1.98. The Morgan fingerprint density at radius 3 is 2.40 bits per heavy atom. The molecule has 0 aliphatic heterocycles. The van der Waals surface area contributed by atoms with Crippen molar-refractivity contribution in [2.45, 2.75) is 11.8 Å². The first kappa shape index (κ1) is 14.3. The third-order valence-corrected chi connectivity index (χ3v) is 2.95. The maximum Gasteiger partial charge on any atom is 0.389 e. The zero-order valence-corrected chi connectivity index (χ0v) is 10.6. The van der Waals surface area contributed by atoms with Crippen LogP contribution in [0.1, 0.15) is 5.56 Å². The van der Waals surface area contributed by atoms with Gasteiger partial charge in [-0.15, -0.1) is 0 Å². The second kappa shape index (κ2) is 4.90. The van der Waals surface area contributed by atoms with Crippen molar-refractivity contribution in [2.24, 2.45) is 0 Å². The smallest absolute Gasteiger partial charge is 0.389 e. The molecule has 0 heterocycles. The van der Waals surface area contributed by atoms with E-state index in [2.05, 4.69) is 4.98 Å². The van der Waals surface area contributed by atoms with Gasteiger partial charge in [-0.1, -0.05) is 11.6 Å². The van der Waals surface area contributed by atoms with Crippen molar-refractivity contribution in [3.05, 3.63) is 27.7 Å². The first-order valence-electron chi connectivity index (χ1n) is 3.49. The van der Waals surface area contributed by atoms with Gasteiger partial charge in [-0.3, -0.25) is 4.55 Å². The molecule has 82 valence electrons. The predicted octanol–water partition coefficient (Wildman–Crippen LogP) is -0.616. The summed E-state index contributed by atoms with van der Waals surface area (Å²) in [4.78, 5) is 2.38. The van der Waals surface area contributed by atoms with Crippen molar-refractivity contribution < 1.29 is 30.0 Å². The minimum Gasteiger partial charge on any atom is -1.00 e. The third-order valence-electron chi connectivity index (χ3n) is 1.64. The maximum atomic E-state index is 10.8. The molecule has 5 nitrogen and oxygen atoms in total. The highest BCUT2D eigenvalue weighted by atomic mass is 79.9. The molecule has 0 saturated carbocycles. The van der Waals surface area contributed by atoms with Gasteiger partial charge >= 0.3 is 5.69 Å². The molecule has 1 N–H and O–H groups in total. The van der Waals surface area contributed by atoms with Gasteiger partial charge in [0.25, 0.3) is 10.1 Å². The Kier molecular flexibility index (Phi) is 4.67. The highest BCUT2D eigenvalue weighted by Crippen LogP contribution is 2.29. The minimum absolute atomic E-state index is 0. The zero-order valence-electron chi connectivity index (χ0n) is 7.48. The molecule has 8 heteroatoms. The number of hydrogen-bond acceptors (Lipinski definition) is 3. The van der Waals surface area contributed by atoms with E-state index in [-0.39, 0.29) is 27.7 Å². The zero-order chi connectivity index (χ0) is 10.9. The molecule has 0 saturated heterocycles. The van der Waals surface area contributed by atoms with E-state index in [1.807, 2.05) is 0 Å². The molecule has 0 amide bonds. The fourth-order valence-corrected chi connectivity index (χ4v) is 2.02. The Balaban J connectivity index is 0.00000196. The Bertz CT molecular complexity index is 524. The summed E-state index contributed by atoms with van der Waals surface area (Å²) in [5.74, 6) is 0. The molecule has 1 aromatic rings. The fourth-order valence-electron chi connectivity index (χ4n) is 0.948. The number of benzene rings is 1. The van der Waals surface area contributed by atoms with Crippen LogP contribution in [0.4, 0.5) is 5.69 Å². The molecule has 0 aliphatic carbocycles. The molecular weight excluding hydrogens is 308 g/mol. The summed E-state index contributed by atoms with van der Waals surface area (Å²) >= 11 is 5.58. The molecule has 0 bridgehead atoms. The van der Waals surface area contributed by atoms with E-state index in [1.165, 1.54) is 6.07 Å². The van der Waals surface area contributed by atoms with E-state index in [4.69, 9.17) is 21.5 Å². The standard InChI is InChI=1S/C7H5ClN2O3S.BrH/c1-4-2-5(8)7(14(11,12)13)3-6(4)10-9;/h2-3H,1H3;1H. The lowest BCUT2D eigenvalue weighted by atomic mass is 10.2. The van der Waals surface area contributed by atoms with E-state index in [1.54, 1.807) is 6.92 Å². The average molecular weight is 314 g/mol. The van der Waals surface area contributed by atoms with Gasteiger partial charge < -0.3 is 17.0 Å². The van der Waals surface area contributed by atoms with Crippen molar-refractivity contribution in [1.82, 2.24) is 0 Å². The molecule has 0 aliphatic rings. The van der Waals surface area contributed by atoms with Gasteiger partial charge in [-0.05, 0) is 13.0 Å². The van der Waals surface area contributed by atoms with Gasteiger partial charge in [0.05, 0.1) is 11.1 Å². The fraction of sp³-hybridized carbons (Fsp3) is 0.143. The number of aryl methyl sites for hydroxylation is 1. The summed E-state index contributed by atoms with van der Waals surface area (Å²) in [6.45, 7) is 1.59. The normalized spacial score (nSPS) is 10.3. The van der Waals surface area contributed by atoms with Crippen molar-refractivity contribution in [3.63, 3.8) is 0 Å². The molecule has 0 spiro atoms. The Labute approximate surface area is 102 Å². The second-order valence-electron chi connectivity index (χ2n) is 2.64. The summed E-state index contributed by atoms with van der Waals surface area (Å²) in [7, 11) is -4.39. The molecule has 1 aromatic carbocycles. The van der Waals surface area contributed by atoms with E-state index in [0.717, 1.165) is 6.07 Å². The van der Waals surface area contributed by atoms with E-state index >= 15 is 0 Å². The number of nitrogens with zero attached hydrogens (tertiary/aromatic N) is 2. The van der Waals surface area contributed by atoms with Crippen molar-refractivity contribution in [3.8, 4) is 0 Å². The lowest BCUT2D eigenvalue weighted by Crippen LogP contribution is -3.00. The maximum absolute atomic E-state index is 10.8. The van der Waals surface area contributed by atoms with E-state index in [9.17, 15) is 8.42 Å². The van der Waals surface area contributed by atoms with E-state index < -0.39 is 15.0 Å². The highest BCUT2D eigenvalue weighted by Gasteiger charge is 2.21. The van der Waals surface area contributed by atoms with Crippen molar-refractivity contribution in [2.75, 3.05) is 0 Å². The highest BCUT2D eigenvalue weighted by molar-refractivity contribution is 7.86. The van der Waals surface area contributed by atoms with Crippen molar-refractivity contribution >= 4 is 27.4 Å². The lowest BCUT2D eigenvalue weighted by molar-refractivity contribution is -0.00000723. The van der Waals surface area contributed by atoms with Gasteiger partial charge in [0.2, 0.25) is 5.39 Å². The topological polar surface area (TPSA) is 82.5 Å². The average Bonchev–Trinajstić information content (AvgIpc) is 2.02. The third kappa shape index (κ3) is 3.14. The van der Waals surface area contributed by atoms with Crippen LogP contribution in [-0.2, 0) is 10.1 Å². The summed E-state index contributed by atoms with van der Waals surface area (Å²) in [5, 5.41) is 8.39. The van der Waals surface area contributed by atoms with E-state index in [0.29, 0.717) is 5.56 Å². The Hall–Kier alpha value is -0.680. The van der Waals surface area contributed by atoms with Gasteiger partial charge in [-0.25, -0.2) is 0 Å². The van der Waals surface area contributed by atoms with Gasteiger partial charge in [-0.2, -0.15) is 8.42 Å². The van der Waals surface area contributed by atoms with Crippen LogP contribution < -0.4 is 17.0 Å². The Morgan fingerprint density at radius 1 is 1.47 bits per heavy atom. The number of halogens is 2. The van der Waals surface area contributed by atoms with Gasteiger partial charge in [0.1, 0.15) is 4.90 Å². The van der Waals surface area contributed by atoms with Crippen LogP contribution in [0, 0.1) is 12.3 Å². The van der Waals surface area contributed by atoms with Gasteiger partial charge in [0.15, 0.2) is 4.98 Å². The van der Waals surface area contributed by atoms with Crippen LogP contribution in [0.5, 0.6) is 0 Å². The molecule has 1 rings (SSSR count). The number of rotatable bonds is 1. The molecule has 0 aromatic heterocycles. The number of hydrogen-bond donors (Lipinski definition) is 1. The molecular formula is C7H6BrClN2O3S. The predicted molar refractivity (Wildman–Crippen MR) is 50.7 cm³/mol. The molecule has 0 unspecified atom stereocenters. The largest absolute Gasteiger partial charge is 1.00 e. The van der Waals surface area contributed by atoms with Crippen LogP contribution in [0.15, 0.2) is 17.0 Å². The number of diazo groups is 1. The second-order valence-corrected chi connectivity index (χ2v) is 4.44. The van der Waals surface area contributed by atoms with Crippen molar-refractivity contribution in [1.29, 1.82) is 5.39 Å². The summed E-state index contributed by atoms with van der Waals surface area (Å²) in [5.41, 5.74) is 0.548. The monoisotopic (exact) mass is 312 g/mol. The quantitative estimate of drug-likeness (QED) is 0.553. The minimum atomic E-state index is -4.39. The molecule has 0 radical (unpaired) electrons. The summed E-state index contributed by atoms with van der Waals surface area (Å²) in [6, 6.07) is 2.28. The van der Waals surface area contributed by atoms with Crippen LogP contribution in [-0.4, -0.2) is 13.0 Å². The Morgan fingerprint density at radius 2 is 2.00 bits per heavy atom. The molecule has 15 heavy (non-hydrogen) atoms. The van der Waals surface area contributed by atoms with Gasteiger partial charge in [0, 0.05) is 5.56 Å². The molecule has 0 atom stereocenters. The first-order valence-corrected chi connectivity index (χ1v) is 5.31. The van der Waals surface area contributed by atoms with Crippen LogP contribution >= 0.6 is 11.6 Å². The van der Waals surface area contributed by atoms with Crippen LogP contribution in [0.2, 0.25) is 5.02 Å². The summed E-state index contributed by atoms with van der Waals surface area (Å²) < 4.78 is 30.3. The summed E-state index contributed by atoms with van der Waals surface area (Å²) in [6.07, 6.45) is 0. The molecule has 0 fully saturated rings. The first-order chi connectivity index (χ1) is 6.36.